The number of hydrogen-bond donors (Lipinski definition) is 0. The number of ether oxygens (including phenoxy) is 1. The predicted molar refractivity (Wildman–Crippen MR) is 66.6 cm³/mol. The van der Waals surface area contributed by atoms with E-state index in [0.717, 1.165) is 6.42 Å². The first-order valence-corrected chi connectivity index (χ1v) is 5.74. The maximum Gasteiger partial charge on any atom is 0.415 e. The van der Waals surface area contributed by atoms with E-state index in [4.69, 9.17) is 4.74 Å². The van der Waals surface area contributed by atoms with Crippen LogP contribution in [0.25, 0.3) is 0 Å². The van der Waals surface area contributed by atoms with Crippen LogP contribution in [0.4, 0.5) is 4.79 Å². The van der Waals surface area contributed by atoms with Crippen molar-refractivity contribution in [3.05, 3.63) is 48.2 Å². The zero-order valence-corrected chi connectivity index (χ0v) is 10.3. The summed E-state index contributed by atoms with van der Waals surface area (Å²) in [5.74, 6) is 0.524. The third-order valence-electron chi connectivity index (χ3n) is 3.25. The van der Waals surface area contributed by atoms with E-state index in [1.54, 1.807) is 4.90 Å². The lowest BCUT2D eigenvalue weighted by atomic mass is 10.0. The molecule has 0 bridgehead atoms. The first-order chi connectivity index (χ1) is 8.01. The molecule has 1 fully saturated rings. The van der Waals surface area contributed by atoms with Crippen molar-refractivity contribution in [1.29, 1.82) is 0 Å². The fraction of sp³-hybridized carbons (Fsp3) is 0.357. The first kappa shape index (κ1) is 11.7. The van der Waals surface area contributed by atoms with Gasteiger partial charge in [0.1, 0.15) is 5.76 Å². The molecule has 0 atom stereocenters. The molecule has 1 heterocycles. The van der Waals surface area contributed by atoms with E-state index in [2.05, 4.69) is 18.7 Å². The zero-order valence-electron chi connectivity index (χ0n) is 10.3. The van der Waals surface area contributed by atoms with Crippen LogP contribution in [0.15, 0.2) is 42.7 Å². The molecule has 1 aromatic rings. The van der Waals surface area contributed by atoms with Gasteiger partial charge in [0.25, 0.3) is 0 Å². The molecule has 0 aromatic heterocycles. The highest BCUT2D eigenvalue weighted by atomic mass is 16.6. The summed E-state index contributed by atoms with van der Waals surface area (Å²) < 4.78 is 5.07. The second kappa shape index (κ2) is 4.24. The lowest BCUT2D eigenvalue weighted by Gasteiger charge is -2.28. The molecule has 3 heteroatoms. The fourth-order valence-electron chi connectivity index (χ4n) is 1.92. The molecule has 1 aromatic carbocycles. The van der Waals surface area contributed by atoms with Crippen LogP contribution in [0.2, 0.25) is 0 Å². The van der Waals surface area contributed by atoms with E-state index in [-0.39, 0.29) is 6.09 Å². The summed E-state index contributed by atoms with van der Waals surface area (Å²) in [6.07, 6.45) is 0.531. The number of nitrogens with zero attached hydrogens (tertiary/aromatic N) is 1. The molecular weight excluding hydrogens is 214 g/mol. The standard InChI is InChI=1S/C14H17NO2/c1-11-14(2,3)15(13(16)17-11)10-9-12-7-5-4-6-8-12/h4-8H,1,9-10H2,2-3H3. The van der Waals surface area contributed by atoms with Crippen LogP contribution in [-0.2, 0) is 11.2 Å². The highest BCUT2D eigenvalue weighted by Gasteiger charge is 2.43. The number of hydrogen-bond acceptors (Lipinski definition) is 2. The van der Waals surface area contributed by atoms with Crippen LogP contribution in [-0.4, -0.2) is 23.1 Å². The molecule has 2 rings (SSSR count). The van der Waals surface area contributed by atoms with Crippen molar-refractivity contribution in [2.75, 3.05) is 6.54 Å². The highest BCUT2D eigenvalue weighted by molar-refractivity contribution is 5.74. The Morgan fingerprint density at radius 1 is 1.29 bits per heavy atom. The number of carbonyl (C=O) groups excluding carboxylic acids is 1. The maximum absolute atomic E-state index is 11.7. The lowest BCUT2D eigenvalue weighted by molar-refractivity contribution is 0.158. The number of benzene rings is 1. The lowest BCUT2D eigenvalue weighted by Crippen LogP contribution is -2.42. The van der Waals surface area contributed by atoms with E-state index < -0.39 is 5.54 Å². The van der Waals surface area contributed by atoms with Crippen molar-refractivity contribution < 1.29 is 9.53 Å². The quantitative estimate of drug-likeness (QED) is 0.800. The van der Waals surface area contributed by atoms with Crippen LogP contribution < -0.4 is 0 Å². The van der Waals surface area contributed by atoms with E-state index in [0.29, 0.717) is 12.3 Å². The smallest absolute Gasteiger partial charge is 0.413 e. The summed E-state index contributed by atoms with van der Waals surface area (Å²) in [5.41, 5.74) is 0.805. The minimum Gasteiger partial charge on any atom is -0.413 e. The summed E-state index contributed by atoms with van der Waals surface area (Å²) >= 11 is 0. The van der Waals surface area contributed by atoms with Crippen LogP contribution in [0, 0.1) is 0 Å². The molecule has 90 valence electrons. The van der Waals surface area contributed by atoms with Gasteiger partial charge in [0, 0.05) is 6.54 Å². The first-order valence-electron chi connectivity index (χ1n) is 5.74. The molecule has 1 aliphatic rings. The van der Waals surface area contributed by atoms with Gasteiger partial charge in [-0.3, -0.25) is 4.90 Å². The number of cyclic esters (lactones) is 1. The van der Waals surface area contributed by atoms with E-state index in [9.17, 15) is 4.79 Å². The molecule has 3 nitrogen and oxygen atoms in total. The van der Waals surface area contributed by atoms with Crippen molar-refractivity contribution in [2.45, 2.75) is 25.8 Å². The molecule has 17 heavy (non-hydrogen) atoms. The van der Waals surface area contributed by atoms with Crippen molar-refractivity contribution in [3.8, 4) is 0 Å². The van der Waals surface area contributed by atoms with E-state index in [1.807, 2.05) is 32.0 Å². The van der Waals surface area contributed by atoms with Gasteiger partial charge in [-0.1, -0.05) is 36.9 Å². The summed E-state index contributed by atoms with van der Waals surface area (Å²) in [6, 6.07) is 10.1. The Hall–Kier alpha value is -1.77. The van der Waals surface area contributed by atoms with Gasteiger partial charge in [-0.05, 0) is 25.8 Å². The average molecular weight is 231 g/mol. The van der Waals surface area contributed by atoms with Crippen molar-refractivity contribution >= 4 is 6.09 Å². The summed E-state index contributed by atoms with van der Waals surface area (Å²) in [6.45, 7) is 8.32. The molecule has 1 amide bonds. The normalized spacial score (nSPS) is 18.4. The van der Waals surface area contributed by atoms with Crippen molar-refractivity contribution in [1.82, 2.24) is 4.90 Å². The van der Waals surface area contributed by atoms with Gasteiger partial charge < -0.3 is 4.74 Å². The monoisotopic (exact) mass is 231 g/mol. The second-order valence-electron chi connectivity index (χ2n) is 4.74. The van der Waals surface area contributed by atoms with Gasteiger partial charge in [-0.15, -0.1) is 0 Å². The highest BCUT2D eigenvalue weighted by Crippen LogP contribution is 2.31. The molecule has 0 radical (unpaired) electrons. The Morgan fingerprint density at radius 3 is 2.47 bits per heavy atom. The average Bonchev–Trinajstić information content (AvgIpc) is 2.48. The largest absolute Gasteiger partial charge is 0.415 e. The molecule has 0 N–H and O–H groups in total. The zero-order chi connectivity index (χ0) is 12.5. The van der Waals surface area contributed by atoms with Gasteiger partial charge in [-0.25, -0.2) is 4.79 Å². The van der Waals surface area contributed by atoms with Gasteiger partial charge in [0.15, 0.2) is 0 Å². The molecule has 1 saturated heterocycles. The third-order valence-corrected chi connectivity index (χ3v) is 3.25. The summed E-state index contributed by atoms with van der Waals surface area (Å²) in [4.78, 5) is 13.4. The Labute approximate surface area is 102 Å². The topological polar surface area (TPSA) is 29.5 Å². The second-order valence-corrected chi connectivity index (χ2v) is 4.74. The Balaban J connectivity index is 2.04. The molecule has 1 aliphatic heterocycles. The molecular formula is C14H17NO2. The fourth-order valence-corrected chi connectivity index (χ4v) is 1.92. The van der Waals surface area contributed by atoms with Gasteiger partial charge in [0.05, 0.1) is 5.54 Å². The van der Waals surface area contributed by atoms with Crippen LogP contribution >= 0.6 is 0 Å². The third kappa shape index (κ3) is 2.18. The van der Waals surface area contributed by atoms with Gasteiger partial charge >= 0.3 is 6.09 Å². The number of rotatable bonds is 3. The van der Waals surface area contributed by atoms with Crippen LogP contribution in [0.1, 0.15) is 19.4 Å². The minimum absolute atomic E-state index is 0.295. The van der Waals surface area contributed by atoms with Crippen LogP contribution in [0.5, 0.6) is 0 Å². The predicted octanol–water partition coefficient (Wildman–Crippen LogP) is 2.97. The molecule has 0 unspecified atom stereocenters. The molecule has 0 aliphatic carbocycles. The summed E-state index contributed by atoms with van der Waals surface area (Å²) in [7, 11) is 0. The minimum atomic E-state index is -0.411. The van der Waals surface area contributed by atoms with Crippen molar-refractivity contribution in [2.24, 2.45) is 0 Å². The van der Waals surface area contributed by atoms with Crippen LogP contribution in [0.3, 0.4) is 0 Å². The Morgan fingerprint density at radius 2 is 1.94 bits per heavy atom. The SMILES string of the molecule is C=C1OC(=O)N(CCc2ccccc2)C1(C)C. The van der Waals surface area contributed by atoms with Gasteiger partial charge in [0.2, 0.25) is 0 Å². The number of amides is 1. The van der Waals surface area contributed by atoms with Crippen molar-refractivity contribution in [3.63, 3.8) is 0 Å². The Bertz CT molecular complexity index is 437. The number of carbonyl (C=O) groups is 1. The maximum atomic E-state index is 11.7. The van der Waals surface area contributed by atoms with Gasteiger partial charge in [-0.2, -0.15) is 0 Å². The Kier molecular flexibility index (Phi) is 2.92. The molecule has 0 spiro atoms. The molecule has 0 saturated carbocycles. The summed E-state index contributed by atoms with van der Waals surface area (Å²) in [5, 5.41) is 0. The van der Waals surface area contributed by atoms with E-state index in [1.165, 1.54) is 5.56 Å². The van der Waals surface area contributed by atoms with E-state index >= 15 is 0 Å².